The first kappa shape index (κ1) is 15.1. The number of amides is 1. The summed E-state index contributed by atoms with van der Waals surface area (Å²) in [6.45, 7) is 1.84. The van der Waals surface area contributed by atoms with Gasteiger partial charge in [-0.15, -0.1) is 0 Å². The van der Waals surface area contributed by atoms with Crippen LogP contribution in [0, 0.1) is 6.92 Å². The van der Waals surface area contributed by atoms with Gasteiger partial charge in [-0.25, -0.2) is 13.6 Å². The Morgan fingerprint density at radius 1 is 1.19 bits per heavy atom. The van der Waals surface area contributed by atoms with E-state index in [0.29, 0.717) is 16.8 Å². The van der Waals surface area contributed by atoms with Crippen LogP contribution in [0.15, 0.2) is 42.6 Å². The molecule has 2 rings (SSSR count). The number of aromatic nitrogens is 1. The molecule has 1 amide bonds. The number of anilines is 1. The quantitative estimate of drug-likeness (QED) is 0.892. The van der Waals surface area contributed by atoms with Crippen molar-refractivity contribution in [1.29, 1.82) is 0 Å². The number of aryl methyl sites for hydroxylation is 1. The molecule has 0 radical (unpaired) electrons. The van der Waals surface area contributed by atoms with E-state index in [1.54, 1.807) is 36.4 Å². The van der Waals surface area contributed by atoms with Crippen LogP contribution in [-0.2, 0) is 15.8 Å². The molecule has 7 heteroatoms. The van der Waals surface area contributed by atoms with E-state index < -0.39 is 10.0 Å². The van der Waals surface area contributed by atoms with Gasteiger partial charge in [-0.05, 0) is 36.8 Å². The minimum atomic E-state index is -3.56. The second-order valence-electron chi connectivity index (χ2n) is 4.65. The molecule has 0 aliphatic carbocycles. The Balaban J connectivity index is 2.06. The molecular formula is C14H15N3O3S. The molecule has 0 aliphatic rings. The largest absolute Gasteiger partial charge is 0.322 e. The lowest BCUT2D eigenvalue weighted by Crippen LogP contribution is -2.15. The van der Waals surface area contributed by atoms with Crippen molar-refractivity contribution < 1.29 is 13.2 Å². The highest BCUT2D eigenvalue weighted by atomic mass is 32.2. The molecule has 0 atom stereocenters. The number of carbonyl (C=O) groups is 1. The summed E-state index contributed by atoms with van der Waals surface area (Å²) in [6, 6.07) is 9.90. The Bertz CT molecular complexity index is 738. The summed E-state index contributed by atoms with van der Waals surface area (Å²) in [5.74, 6) is -0.509. The molecule has 0 saturated carbocycles. The van der Waals surface area contributed by atoms with Crippen LogP contribution in [0.25, 0.3) is 0 Å². The zero-order chi connectivity index (χ0) is 15.5. The number of sulfonamides is 1. The lowest BCUT2D eigenvalue weighted by Gasteiger charge is -2.06. The fourth-order valence-electron chi connectivity index (χ4n) is 1.72. The van der Waals surface area contributed by atoms with Gasteiger partial charge in [0.05, 0.1) is 11.3 Å². The van der Waals surface area contributed by atoms with Crippen LogP contribution in [0.3, 0.4) is 0 Å². The molecular weight excluding hydrogens is 290 g/mol. The topological polar surface area (TPSA) is 102 Å². The third-order valence-electron chi connectivity index (χ3n) is 2.75. The number of nitrogens with zero attached hydrogens (tertiary/aromatic N) is 1. The number of pyridine rings is 1. The van der Waals surface area contributed by atoms with Crippen molar-refractivity contribution in [3.05, 3.63) is 59.4 Å². The summed E-state index contributed by atoms with van der Waals surface area (Å²) in [5.41, 5.74) is 2.42. The standard InChI is InChI=1S/C14H15N3O3S/c1-10-2-5-12(8-16-10)14(18)17-13-6-3-11(4-7-13)9-21(15,19)20/h2-8H,9H2,1H3,(H,17,18)(H2,15,19,20). The van der Waals surface area contributed by atoms with Gasteiger partial charge in [0.2, 0.25) is 10.0 Å². The van der Waals surface area contributed by atoms with Gasteiger partial charge in [0, 0.05) is 17.6 Å². The monoisotopic (exact) mass is 305 g/mol. The third kappa shape index (κ3) is 4.66. The number of hydrogen-bond acceptors (Lipinski definition) is 4. The van der Waals surface area contributed by atoms with Gasteiger partial charge in [0.1, 0.15) is 0 Å². The number of rotatable bonds is 4. The second kappa shape index (κ2) is 6.02. The van der Waals surface area contributed by atoms with Gasteiger partial charge in [0.25, 0.3) is 5.91 Å². The molecule has 1 aromatic heterocycles. The van der Waals surface area contributed by atoms with Crippen molar-refractivity contribution in [3.8, 4) is 0 Å². The minimum Gasteiger partial charge on any atom is -0.322 e. The van der Waals surface area contributed by atoms with Gasteiger partial charge in [0.15, 0.2) is 0 Å². The Kier molecular flexibility index (Phi) is 4.35. The highest BCUT2D eigenvalue weighted by molar-refractivity contribution is 7.88. The normalized spacial score (nSPS) is 11.1. The smallest absolute Gasteiger partial charge is 0.257 e. The first-order valence-corrected chi connectivity index (χ1v) is 7.88. The zero-order valence-electron chi connectivity index (χ0n) is 11.4. The molecule has 0 fully saturated rings. The molecule has 3 N–H and O–H groups in total. The van der Waals surface area contributed by atoms with Crippen LogP contribution >= 0.6 is 0 Å². The predicted molar refractivity (Wildman–Crippen MR) is 80.2 cm³/mol. The molecule has 21 heavy (non-hydrogen) atoms. The minimum absolute atomic E-state index is 0.233. The summed E-state index contributed by atoms with van der Waals surface area (Å²) >= 11 is 0. The van der Waals surface area contributed by atoms with Crippen LogP contribution in [0.5, 0.6) is 0 Å². The van der Waals surface area contributed by atoms with Crippen molar-refractivity contribution in [2.45, 2.75) is 12.7 Å². The second-order valence-corrected chi connectivity index (χ2v) is 6.26. The van der Waals surface area contributed by atoms with Gasteiger partial charge >= 0.3 is 0 Å². The zero-order valence-corrected chi connectivity index (χ0v) is 12.2. The molecule has 1 heterocycles. The third-order valence-corrected chi connectivity index (χ3v) is 3.49. The van der Waals surface area contributed by atoms with Crippen molar-refractivity contribution in [2.75, 3.05) is 5.32 Å². The first-order chi connectivity index (χ1) is 9.83. The van der Waals surface area contributed by atoms with Crippen molar-refractivity contribution in [1.82, 2.24) is 4.98 Å². The maximum atomic E-state index is 12.0. The molecule has 0 bridgehead atoms. The summed E-state index contributed by atoms with van der Waals surface area (Å²) in [4.78, 5) is 16.0. The summed E-state index contributed by atoms with van der Waals surface area (Å²) < 4.78 is 22.0. The molecule has 0 spiro atoms. The Labute approximate surface area is 123 Å². The number of hydrogen-bond donors (Lipinski definition) is 2. The molecule has 6 nitrogen and oxygen atoms in total. The Hall–Kier alpha value is -2.25. The van der Waals surface area contributed by atoms with Crippen LogP contribution in [0.4, 0.5) is 5.69 Å². The average Bonchev–Trinajstić information content (AvgIpc) is 2.40. The van der Waals surface area contributed by atoms with E-state index in [-0.39, 0.29) is 11.7 Å². The SMILES string of the molecule is Cc1ccc(C(=O)Nc2ccc(CS(N)(=O)=O)cc2)cn1. The Morgan fingerprint density at radius 2 is 1.86 bits per heavy atom. The summed E-state index contributed by atoms with van der Waals surface area (Å²) in [7, 11) is -3.56. The summed E-state index contributed by atoms with van der Waals surface area (Å²) in [5, 5.41) is 7.68. The van der Waals surface area contributed by atoms with Gasteiger partial charge < -0.3 is 5.32 Å². The predicted octanol–water partition coefficient (Wildman–Crippen LogP) is 1.43. The van der Waals surface area contributed by atoms with Crippen LogP contribution in [0.2, 0.25) is 0 Å². The fourth-order valence-corrected chi connectivity index (χ4v) is 2.38. The van der Waals surface area contributed by atoms with Crippen molar-refractivity contribution in [3.63, 3.8) is 0 Å². The molecule has 110 valence electrons. The summed E-state index contributed by atoms with van der Waals surface area (Å²) in [6.07, 6.45) is 1.50. The lowest BCUT2D eigenvalue weighted by atomic mass is 10.2. The van der Waals surface area contributed by atoms with Crippen LogP contribution in [0.1, 0.15) is 21.6 Å². The van der Waals surface area contributed by atoms with E-state index in [9.17, 15) is 13.2 Å². The van der Waals surface area contributed by atoms with Gasteiger partial charge in [-0.2, -0.15) is 0 Å². The van der Waals surface area contributed by atoms with E-state index in [1.807, 2.05) is 6.92 Å². The number of carbonyl (C=O) groups excluding carboxylic acids is 1. The van der Waals surface area contributed by atoms with E-state index in [4.69, 9.17) is 5.14 Å². The lowest BCUT2D eigenvalue weighted by molar-refractivity contribution is 0.102. The molecule has 0 aliphatic heterocycles. The maximum Gasteiger partial charge on any atom is 0.257 e. The number of benzene rings is 1. The fraction of sp³-hybridized carbons (Fsp3) is 0.143. The highest BCUT2D eigenvalue weighted by Gasteiger charge is 2.08. The molecule has 0 unspecified atom stereocenters. The number of primary sulfonamides is 1. The molecule has 0 saturated heterocycles. The van der Waals surface area contributed by atoms with Gasteiger partial charge in [-0.1, -0.05) is 12.1 Å². The van der Waals surface area contributed by atoms with Gasteiger partial charge in [-0.3, -0.25) is 9.78 Å². The Morgan fingerprint density at radius 3 is 2.38 bits per heavy atom. The first-order valence-electron chi connectivity index (χ1n) is 6.17. The van der Waals surface area contributed by atoms with Crippen LogP contribution < -0.4 is 10.5 Å². The van der Waals surface area contributed by atoms with Crippen molar-refractivity contribution >= 4 is 21.6 Å². The van der Waals surface area contributed by atoms with E-state index >= 15 is 0 Å². The molecule has 2 aromatic rings. The van der Waals surface area contributed by atoms with Crippen LogP contribution in [-0.4, -0.2) is 19.3 Å². The van der Waals surface area contributed by atoms with E-state index in [2.05, 4.69) is 10.3 Å². The maximum absolute atomic E-state index is 12.0. The van der Waals surface area contributed by atoms with Crippen molar-refractivity contribution in [2.24, 2.45) is 5.14 Å². The number of nitrogens with two attached hydrogens (primary N) is 1. The average molecular weight is 305 g/mol. The van der Waals surface area contributed by atoms with E-state index in [1.165, 1.54) is 6.20 Å². The number of nitrogens with one attached hydrogen (secondary N) is 1. The molecule has 1 aromatic carbocycles. The highest BCUT2D eigenvalue weighted by Crippen LogP contribution is 2.12. The van der Waals surface area contributed by atoms with E-state index in [0.717, 1.165) is 5.69 Å².